The van der Waals surface area contributed by atoms with E-state index < -0.39 is 23.1 Å². The van der Waals surface area contributed by atoms with Crippen molar-refractivity contribution in [1.82, 2.24) is 4.98 Å². The Kier molecular flexibility index (Phi) is 8.55. The molecule has 3 N–H and O–H groups in total. The topological polar surface area (TPSA) is 108 Å². The Morgan fingerprint density at radius 1 is 0.897 bits per heavy atom. The number of carbonyl (C=O) groups is 3. The number of rotatable bonds is 9. The summed E-state index contributed by atoms with van der Waals surface area (Å²) in [5.74, 6) is -2.79. The van der Waals surface area contributed by atoms with Gasteiger partial charge >= 0.3 is 5.97 Å². The first kappa shape index (κ1) is 26.9. The van der Waals surface area contributed by atoms with E-state index in [0.717, 1.165) is 21.0 Å². The fourth-order valence-electron chi connectivity index (χ4n) is 4.31. The third-order valence-corrected chi connectivity index (χ3v) is 9.23. The van der Waals surface area contributed by atoms with Crippen molar-refractivity contribution >= 4 is 63.0 Å². The van der Waals surface area contributed by atoms with Gasteiger partial charge < -0.3 is 15.7 Å². The van der Waals surface area contributed by atoms with E-state index in [1.54, 1.807) is 23.5 Å². The predicted molar refractivity (Wildman–Crippen MR) is 157 cm³/mol. The van der Waals surface area contributed by atoms with Crippen molar-refractivity contribution in [1.29, 1.82) is 0 Å². The quantitative estimate of drug-likeness (QED) is 0.147. The summed E-state index contributed by atoms with van der Waals surface area (Å²) < 4.78 is 0. The fraction of sp³-hybridized carbons (Fsp3) is 0.172. The van der Waals surface area contributed by atoms with Crippen LogP contribution in [0.15, 0.2) is 94.5 Å². The average Bonchev–Trinajstić information content (AvgIpc) is 3.65. The summed E-state index contributed by atoms with van der Waals surface area (Å²) >= 11 is 4.39. The van der Waals surface area contributed by atoms with Gasteiger partial charge in [-0.15, -0.1) is 34.4 Å². The maximum absolute atomic E-state index is 13.4. The van der Waals surface area contributed by atoms with Gasteiger partial charge in [0, 0.05) is 16.0 Å². The first-order valence-corrected chi connectivity index (χ1v) is 14.9. The first-order chi connectivity index (χ1) is 19.0. The molecule has 5 rings (SSSR count). The maximum atomic E-state index is 13.4. The zero-order valence-electron chi connectivity index (χ0n) is 20.7. The highest BCUT2D eigenvalue weighted by Crippen LogP contribution is 2.38. The predicted octanol–water partition coefficient (Wildman–Crippen LogP) is 6.95. The summed E-state index contributed by atoms with van der Waals surface area (Å²) in [7, 11) is 0. The highest BCUT2D eigenvalue weighted by molar-refractivity contribution is 8.00. The minimum atomic E-state index is -0.961. The smallest absolute Gasteiger partial charge is 0.307 e. The Hall–Kier alpha value is -3.73. The van der Waals surface area contributed by atoms with Crippen LogP contribution in [0.5, 0.6) is 0 Å². The van der Waals surface area contributed by atoms with Crippen molar-refractivity contribution < 1.29 is 19.5 Å². The molecule has 198 valence electrons. The van der Waals surface area contributed by atoms with Crippen LogP contribution in [0.4, 0.5) is 10.8 Å². The molecule has 0 aliphatic heterocycles. The lowest BCUT2D eigenvalue weighted by atomic mass is 9.82. The van der Waals surface area contributed by atoms with Crippen molar-refractivity contribution in [3.8, 4) is 10.6 Å². The molecule has 0 radical (unpaired) electrons. The first-order valence-electron chi connectivity index (χ1n) is 12.3. The molecule has 0 saturated heterocycles. The van der Waals surface area contributed by atoms with Crippen LogP contribution in [-0.2, 0) is 14.4 Å². The number of benzene rings is 2. The fourth-order valence-corrected chi connectivity index (χ4v) is 6.80. The number of thioether (sulfide) groups is 1. The Morgan fingerprint density at radius 2 is 1.64 bits per heavy atom. The van der Waals surface area contributed by atoms with Gasteiger partial charge in [0.15, 0.2) is 5.13 Å². The van der Waals surface area contributed by atoms with Crippen molar-refractivity contribution in [3.63, 3.8) is 0 Å². The molecule has 7 nitrogen and oxygen atoms in total. The molecule has 2 aromatic heterocycles. The van der Waals surface area contributed by atoms with E-state index in [4.69, 9.17) is 0 Å². The van der Waals surface area contributed by atoms with Gasteiger partial charge in [-0.25, -0.2) is 4.98 Å². The molecule has 2 aromatic carbocycles. The molecule has 0 saturated carbocycles. The number of carbonyl (C=O) groups excluding carboxylic acids is 2. The molecule has 2 amide bonds. The van der Waals surface area contributed by atoms with Crippen LogP contribution in [0.1, 0.15) is 23.7 Å². The number of hydrogen-bond acceptors (Lipinski definition) is 7. The third-order valence-electron chi connectivity index (χ3n) is 6.31. The number of thiophene rings is 1. The zero-order chi connectivity index (χ0) is 27.2. The summed E-state index contributed by atoms with van der Waals surface area (Å²) in [5.41, 5.74) is 2.27. The van der Waals surface area contributed by atoms with Crippen LogP contribution >= 0.6 is 34.4 Å². The third kappa shape index (κ3) is 6.65. The van der Waals surface area contributed by atoms with Gasteiger partial charge in [0.2, 0.25) is 11.8 Å². The monoisotopic (exact) mass is 575 g/mol. The van der Waals surface area contributed by atoms with Crippen molar-refractivity contribution in [2.75, 3.05) is 10.6 Å². The number of aliphatic carboxylic acids is 1. The molecular weight excluding hydrogens is 551 g/mol. The summed E-state index contributed by atoms with van der Waals surface area (Å²) in [6.07, 6.45) is 4.42. The van der Waals surface area contributed by atoms with Crippen LogP contribution in [0.2, 0.25) is 0 Å². The Morgan fingerprint density at radius 3 is 2.33 bits per heavy atom. The van der Waals surface area contributed by atoms with Gasteiger partial charge in [-0.2, -0.15) is 0 Å². The molecule has 10 heteroatoms. The van der Waals surface area contributed by atoms with Gasteiger partial charge in [-0.05, 0) is 54.1 Å². The second kappa shape index (κ2) is 12.4. The molecular formula is C29H25N3O4S3. The van der Waals surface area contributed by atoms with E-state index in [0.29, 0.717) is 23.7 Å². The molecule has 39 heavy (non-hydrogen) atoms. The van der Waals surface area contributed by atoms with Gasteiger partial charge in [-0.3, -0.25) is 14.4 Å². The molecule has 0 spiro atoms. The van der Waals surface area contributed by atoms with Crippen molar-refractivity contribution in [3.05, 3.63) is 95.2 Å². The van der Waals surface area contributed by atoms with E-state index in [1.807, 2.05) is 77.5 Å². The van der Waals surface area contributed by atoms with E-state index in [-0.39, 0.29) is 11.8 Å². The van der Waals surface area contributed by atoms with Crippen LogP contribution in [-0.4, -0.2) is 27.9 Å². The number of thiazole rings is 1. The van der Waals surface area contributed by atoms with Gasteiger partial charge in [0.1, 0.15) is 5.25 Å². The average molecular weight is 576 g/mol. The summed E-state index contributed by atoms with van der Waals surface area (Å²) in [6.45, 7) is 0. The van der Waals surface area contributed by atoms with E-state index >= 15 is 0 Å². The second-order valence-corrected chi connectivity index (χ2v) is 11.9. The summed E-state index contributed by atoms with van der Waals surface area (Å²) in [4.78, 5) is 44.2. The standard InChI is InChI=1S/C29H25N3O4S3/c33-26(21-9-4-5-10-22(21)28(35)36)30-19-12-14-20(15-13-19)39-25(18-7-2-1-3-8-18)27(34)32-29-31-23(17-38-29)24-11-6-16-37-24/h1-8,11-17,21-22,25H,9-10H2,(H,30,33)(H,35,36)(H,31,32,34). The normalized spacial score (nSPS) is 17.3. The lowest BCUT2D eigenvalue weighted by Gasteiger charge is -2.24. The molecule has 1 aliphatic rings. The van der Waals surface area contributed by atoms with Crippen LogP contribution in [0.3, 0.4) is 0 Å². The number of nitrogens with zero attached hydrogens (tertiary/aromatic N) is 1. The number of carboxylic acids is 1. The Bertz CT molecular complexity index is 1470. The Labute approximate surface area is 238 Å². The number of aromatic nitrogens is 1. The van der Waals surface area contributed by atoms with E-state index in [9.17, 15) is 19.5 Å². The molecule has 0 bridgehead atoms. The highest BCUT2D eigenvalue weighted by Gasteiger charge is 2.34. The molecule has 3 unspecified atom stereocenters. The second-order valence-electron chi connectivity index (χ2n) is 8.92. The number of anilines is 2. The van der Waals surface area contributed by atoms with Gasteiger partial charge in [0.05, 0.1) is 22.4 Å². The van der Waals surface area contributed by atoms with Crippen molar-refractivity contribution in [2.24, 2.45) is 11.8 Å². The van der Waals surface area contributed by atoms with Crippen LogP contribution in [0, 0.1) is 11.8 Å². The zero-order valence-corrected chi connectivity index (χ0v) is 23.1. The molecule has 4 aromatic rings. The van der Waals surface area contributed by atoms with Gasteiger partial charge in [0.25, 0.3) is 0 Å². The van der Waals surface area contributed by atoms with E-state index in [2.05, 4.69) is 15.6 Å². The summed E-state index contributed by atoms with van der Waals surface area (Å²) in [5, 5.41) is 19.2. The molecule has 0 fully saturated rings. The van der Waals surface area contributed by atoms with Crippen LogP contribution in [0.25, 0.3) is 10.6 Å². The lowest BCUT2D eigenvalue weighted by molar-refractivity contribution is -0.146. The van der Waals surface area contributed by atoms with Crippen LogP contribution < -0.4 is 10.6 Å². The maximum Gasteiger partial charge on any atom is 0.307 e. The molecule has 3 atom stereocenters. The SMILES string of the molecule is O=C(Nc1nc(-c2cccs2)cs1)C(Sc1ccc(NC(=O)C2CC=CCC2C(=O)O)cc1)c1ccccc1. The molecule has 1 aliphatic carbocycles. The number of hydrogen-bond donors (Lipinski definition) is 3. The molecule has 2 heterocycles. The minimum absolute atomic E-state index is 0.180. The number of allylic oxidation sites excluding steroid dienone is 2. The summed E-state index contributed by atoms with van der Waals surface area (Å²) in [6, 6.07) is 20.7. The van der Waals surface area contributed by atoms with Crippen molar-refractivity contribution in [2.45, 2.75) is 23.0 Å². The van der Waals surface area contributed by atoms with Gasteiger partial charge in [-0.1, -0.05) is 48.6 Å². The minimum Gasteiger partial charge on any atom is -0.481 e. The number of nitrogens with one attached hydrogen (secondary N) is 2. The largest absolute Gasteiger partial charge is 0.481 e. The number of amides is 2. The van der Waals surface area contributed by atoms with E-state index in [1.165, 1.54) is 23.1 Å². The Balaban J connectivity index is 1.27. The highest BCUT2D eigenvalue weighted by atomic mass is 32.2. The lowest BCUT2D eigenvalue weighted by Crippen LogP contribution is -2.34. The number of carboxylic acid groups (broad SMARTS) is 1.